The lowest BCUT2D eigenvalue weighted by Crippen LogP contribution is -2.13. The van der Waals surface area contributed by atoms with Gasteiger partial charge >= 0.3 is 0 Å². The second-order valence-corrected chi connectivity index (χ2v) is 13.0. The molecule has 0 atom stereocenters. The molecule has 4 aromatic heterocycles. The summed E-state index contributed by atoms with van der Waals surface area (Å²) >= 11 is 0. The van der Waals surface area contributed by atoms with Crippen LogP contribution >= 0.6 is 8.58 Å². The molecule has 51 heavy (non-hydrogen) atoms. The number of hydrogen-bond donors (Lipinski definition) is 0. The molecule has 4 aromatic carbocycles. The highest BCUT2D eigenvalue weighted by Crippen LogP contribution is 2.35. The summed E-state index contributed by atoms with van der Waals surface area (Å²) in [5.74, 6) is 1.64. The van der Waals surface area contributed by atoms with Gasteiger partial charge in [0.2, 0.25) is 0 Å². The van der Waals surface area contributed by atoms with Gasteiger partial charge in [-0.3, -0.25) is 9.80 Å². The van der Waals surface area contributed by atoms with E-state index in [2.05, 4.69) is 70.5 Å². The van der Waals surface area contributed by atoms with E-state index in [9.17, 15) is 0 Å². The molecule has 0 aliphatic rings. The van der Waals surface area contributed by atoms with Gasteiger partial charge in [-0.2, -0.15) is 0 Å². The summed E-state index contributed by atoms with van der Waals surface area (Å²) in [6, 6.07) is 65.6. The molecule has 6 nitrogen and oxygen atoms in total. The van der Waals surface area contributed by atoms with Crippen LogP contribution in [0.1, 0.15) is 0 Å². The van der Waals surface area contributed by atoms with E-state index in [1.165, 1.54) is 0 Å². The van der Waals surface area contributed by atoms with Crippen molar-refractivity contribution in [2.45, 2.75) is 0 Å². The van der Waals surface area contributed by atoms with Gasteiger partial charge in [-0.15, -0.1) is 0 Å². The highest BCUT2D eigenvalue weighted by molar-refractivity contribution is 7.54. The molecule has 0 fully saturated rings. The molecule has 0 amide bonds. The topological polar surface area (TPSA) is 58.0 Å². The predicted molar refractivity (Wildman–Crippen MR) is 212 cm³/mol. The average Bonchev–Trinajstić information content (AvgIpc) is 3.20. The van der Waals surface area contributed by atoms with Crippen LogP contribution in [0.3, 0.4) is 0 Å². The standard InChI is InChI=1S/C44H33N6P/c1-5-17-33(18-6-1)49(34-19-7-2-8-20-34)41-29-13-25-37(45-41)39-27-15-31-43(47-39)51-44-32-16-28-40(48-44)38-26-14-30-42(46-38)50(35-21-9-3-10-22-35)36-23-11-4-12-24-36/h1-32,51H. The Kier molecular flexibility index (Phi) is 9.31. The smallest absolute Gasteiger partial charge is 0.138 e. The number of aromatic nitrogens is 4. The molecule has 244 valence electrons. The van der Waals surface area contributed by atoms with Crippen molar-refractivity contribution in [3.8, 4) is 22.8 Å². The van der Waals surface area contributed by atoms with Crippen molar-refractivity contribution in [2.24, 2.45) is 0 Å². The molecule has 0 N–H and O–H groups in total. The van der Waals surface area contributed by atoms with E-state index in [4.69, 9.17) is 19.9 Å². The number of hydrogen-bond acceptors (Lipinski definition) is 6. The Morgan fingerprint density at radius 1 is 0.275 bits per heavy atom. The quantitative estimate of drug-likeness (QED) is 0.134. The van der Waals surface area contributed by atoms with Crippen LogP contribution in [0.2, 0.25) is 0 Å². The number of anilines is 6. The first kappa shape index (κ1) is 31.8. The molecule has 0 radical (unpaired) electrons. The summed E-state index contributed by atoms with van der Waals surface area (Å²) in [6.45, 7) is 0. The molecular formula is C44H33N6P. The highest BCUT2D eigenvalue weighted by Gasteiger charge is 2.16. The van der Waals surface area contributed by atoms with Crippen LogP contribution < -0.4 is 20.7 Å². The Balaban J connectivity index is 1.07. The molecule has 7 heteroatoms. The summed E-state index contributed by atoms with van der Waals surface area (Å²) in [7, 11) is 0.256. The van der Waals surface area contributed by atoms with Crippen molar-refractivity contribution in [2.75, 3.05) is 9.80 Å². The summed E-state index contributed by atoms with van der Waals surface area (Å²) in [6.07, 6.45) is 0. The Morgan fingerprint density at radius 2 is 0.569 bits per heavy atom. The third kappa shape index (κ3) is 7.28. The van der Waals surface area contributed by atoms with E-state index in [1.54, 1.807) is 0 Å². The molecule has 8 rings (SSSR count). The van der Waals surface area contributed by atoms with Gasteiger partial charge in [0.1, 0.15) is 11.6 Å². The van der Waals surface area contributed by atoms with E-state index >= 15 is 0 Å². The van der Waals surface area contributed by atoms with Crippen LogP contribution in [0.15, 0.2) is 194 Å². The first-order valence-electron chi connectivity index (χ1n) is 16.7. The minimum Gasteiger partial charge on any atom is -0.295 e. The summed E-state index contributed by atoms with van der Waals surface area (Å²) in [5.41, 5.74) is 9.27. The number of rotatable bonds is 10. The van der Waals surface area contributed by atoms with Gasteiger partial charge in [0.15, 0.2) is 0 Å². The van der Waals surface area contributed by atoms with Gasteiger partial charge < -0.3 is 0 Å². The molecule has 0 spiro atoms. The lowest BCUT2D eigenvalue weighted by atomic mass is 10.2. The molecule has 0 unspecified atom stereocenters. The van der Waals surface area contributed by atoms with E-state index in [0.29, 0.717) is 0 Å². The van der Waals surface area contributed by atoms with Crippen LogP contribution in [0.25, 0.3) is 22.8 Å². The van der Waals surface area contributed by atoms with Crippen molar-refractivity contribution < 1.29 is 0 Å². The molecule has 4 heterocycles. The molecular weight excluding hydrogens is 644 g/mol. The molecule has 0 saturated carbocycles. The minimum atomic E-state index is 0.256. The number of benzene rings is 4. The first-order valence-corrected chi connectivity index (χ1v) is 17.7. The third-order valence-corrected chi connectivity index (χ3v) is 9.33. The third-order valence-electron chi connectivity index (χ3n) is 8.26. The normalized spacial score (nSPS) is 10.8. The Hall–Kier alpha value is -6.49. The predicted octanol–water partition coefficient (Wildman–Crippen LogP) is 10.2. The Bertz CT molecular complexity index is 2110. The maximum absolute atomic E-state index is 5.10. The van der Waals surface area contributed by atoms with Gasteiger partial charge in [-0.25, -0.2) is 19.9 Å². The zero-order chi connectivity index (χ0) is 34.2. The second kappa shape index (κ2) is 15.0. The minimum absolute atomic E-state index is 0.256. The largest absolute Gasteiger partial charge is 0.295 e. The summed E-state index contributed by atoms with van der Waals surface area (Å²) in [5, 5.41) is 0. The number of pyridine rings is 4. The lowest BCUT2D eigenvalue weighted by molar-refractivity contribution is 1.17. The maximum Gasteiger partial charge on any atom is 0.138 e. The monoisotopic (exact) mass is 676 g/mol. The van der Waals surface area contributed by atoms with Gasteiger partial charge in [-0.1, -0.05) is 97.1 Å². The number of para-hydroxylation sites is 4. The molecule has 0 aliphatic carbocycles. The van der Waals surface area contributed by atoms with E-state index in [0.717, 1.165) is 68.0 Å². The fraction of sp³-hybridized carbons (Fsp3) is 0. The fourth-order valence-electron chi connectivity index (χ4n) is 5.94. The molecule has 8 aromatic rings. The van der Waals surface area contributed by atoms with Crippen molar-refractivity contribution in [1.29, 1.82) is 0 Å². The maximum atomic E-state index is 5.10. The van der Waals surface area contributed by atoms with Crippen LogP contribution in [0.5, 0.6) is 0 Å². The van der Waals surface area contributed by atoms with Gasteiger partial charge in [-0.05, 0) is 106 Å². The molecule has 0 saturated heterocycles. The molecule has 0 bridgehead atoms. The van der Waals surface area contributed by atoms with Crippen LogP contribution in [0, 0.1) is 0 Å². The van der Waals surface area contributed by atoms with E-state index in [-0.39, 0.29) is 8.58 Å². The fourth-order valence-corrected chi connectivity index (χ4v) is 6.92. The summed E-state index contributed by atoms with van der Waals surface area (Å²) in [4.78, 5) is 24.6. The Labute approximate surface area is 299 Å². The van der Waals surface area contributed by atoms with E-state index in [1.807, 2.05) is 133 Å². The first-order chi connectivity index (χ1) is 25.3. The second-order valence-electron chi connectivity index (χ2n) is 11.7. The van der Waals surface area contributed by atoms with Crippen molar-refractivity contribution in [1.82, 2.24) is 19.9 Å². The van der Waals surface area contributed by atoms with Crippen LogP contribution in [-0.2, 0) is 0 Å². The van der Waals surface area contributed by atoms with Crippen molar-refractivity contribution >= 4 is 53.8 Å². The van der Waals surface area contributed by atoms with Crippen LogP contribution in [-0.4, -0.2) is 19.9 Å². The van der Waals surface area contributed by atoms with Gasteiger partial charge in [0, 0.05) is 22.7 Å². The van der Waals surface area contributed by atoms with Gasteiger partial charge in [0.05, 0.1) is 33.6 Å². The van der Waals surface area contributed by atoms with Crippen molar-refractivity contribution in [3.05, 3.63) is 194 Å². The zero-order valence-electron chi connectivity index (χ0n) is 27.7. The number of nitrogens with zero attached hydrogens (tertiary/aromatic N) is 6. The summed E-state index contributed by atoms with van der Waals surface area (Å²) < 4.78 is 0. The highest BCUT2D eigenvalue weighted by atomic mass is 31.1. The van der Waals surface area contributed by atoms with Gasteiger partial charge in [0.25, 0.3) is 0 Å². The van der Waals surface area contributed by atoms with Crippen LogP contribution in [0.4, 0.5) is 34.4 Å². The average molecular weight is 677 g/mol. The SMILES string of the molecule is c1ccc(N(c2ccccc2)c2cccc(-c3cccc(Pc4cccc(-c5cccc(N(c6ccccc6)c6ccccc6)n5)n4)n3)n2)cc1. The molecule has 0 aliphatic heterocycles. The zero-order valence-corrected chi connectivity index (χ0v) is 28.7. The van der Waals surface area contributed by atoms with Crippen molar-refractivity contribution in [3.63, 3.8) is 0 Å². The Morgan fingerprint density at radius 3 is 0.902 bits per heavy atom. The lowest BCUT2D eigenvalue weighted by Gasteiger charge is -2.24. The van der Waals surface area contributed by atoms with E-state index < -0.39 is 0 Å².